The van der Waals surface area contributed by atoms with Crippen molar-refractivity contribution in [2.45, 2.75) is 20.8 Å². The second kappa shape index (κ2) is 9.01. The van der Waals surface area contributed by atoms with Gasteiger partial charge in [0.1, 0.15) is 11.4 Å². The largest absolute Gasteiger partial charge is 0.492 e. The van der Waals surface area contributed by atoms with Crippen molar-refractivity contribution >= 4 is 23.2 Å². The minimum atomic E-state index is -0.369. The maximum absolute atomic E-state index is 12.7. The summed E-state index contributed by atoms with van der Waals surface area (Å²) in [7, 11) is 0. The molecule has 0 aliphatic heterocycles. The molecule has 0 atom stereocenters. The summed E-state index contributed by atoms with van der Waals surface area (Å²) in [6.45, 7) is 6.22. The predicted octanol–water partition coefficient (Wildman–Crippen LogP) is 4.60. The molecule has 3 rings (SSSR count). The number of benzene rings is 2. The Morgan fingerprint density at radius 1 is 0.931 bits per heavy atom. The van der Waals surface area contributed by atoms with Crippen LogP contribution in [0.5, 0.6) is 5.75 Å². The van der Waals surface area contributed by atoms with Gasteiger partial charge < -0.3 is 15.4 Å². The number of anilines is 2. The van der Waals surface area contributed by atoms with Crippen LogP contribution in [0.2, 0.25) is 0 Å². The number of hydrogen-bond donors (Lipinski definition) is 2. The van der Waals surface area contributed by atoms with Crippen LogP contribution in [0.4, 0.5) is 11.4 Å². The lowest BCUT2D eigenvalue weighted by Gasteiger charge is -2.12. The van der Waals surface area contributed by atoms with Crippen LogP contribution in [-0.2, 0) is 0 Å². The molecule has 0 aliphatic rings. The van der Waals surface area contributed by atoms with E-state index in [1.54, 1.807) is 18.2 Å². The molecule has 0 fully saturated rings. The number of para-hydroxylation sites is 3. The molecule has 2 N–H and O–H groups in total. The second-order valence-corrected chi connectivity index (χ2v) is 6.53. The van der Waals surface area contributed by atoms with Crippen molar-refractivity contribution in [2.24, 2.45) is 0 Å². The van der Waals surface area contributed by atoms with Crippen LogP contribution < -0.4 is 15.4 Å². The Labute approximate surface area is 169 Å². The lowest BCUT2D eigenvalue weighted by Crippen LogP contribution is -2.18. The zero-order valence-corrected chi connectivity index (χ0v) is 16.7. The molecule has 1 heterocycles. The number of ether oxygens (including phenoxy) is 1. The van der Waals surface area contributed by atoms with Crippen molar-refractivity contribution in [3.63, 3.8) is 0 Å². The molecule has 6 heteroatoms. The lowest BCUT2D eigenvalue weighted by atomic mass is 10.1. The highest BCUT2D eigenvalue weighted by molar-refractivity contribution is 6.08. The number of hydrogen-bond acceptors (Lipinski definition) is 4. The van der Waals surface area contributed by atoms with E-state index in [-0.39, 0.29) is 17.5 Å². The quantitative estimate of drug-likeness (QED) is 0.646. The summed E-state index contributed by atoms with van der Waals surface area (Å²) >= 11 is 0. The highest BCUT2D eigenvalue weighted by Gasteiger charge is 2.15. The van der Waals surface area contributed by atoms with E-state index in [2.05, 4.69) is 15.6 Å². The van der Waals surface area contributed by atoms with Gasteiger partial charge in [0.15, 0.2) is 0 Å². The molecule has 1 aromatic heterocycles. The van der Waals surface area contributed by atoms with E-state index >= 15 is 0 Å². The molecule has 2 amide bonds. The average molecular weight is 389 g/mol. The van der Waals surface area contributed by atoms with Crippen molar-refractivity contribution in [2.75, 3.05) is 17.2 Å². The highest BCUT2D eigenvalue weighted by Crippen LogP contribution is 2.24. The summed E-state index contributed by atoms with van der Waals surface area (Å²) in [5.74, 6) is -0.127. The summed E-state index contributed by atoms with van der Waals surface area (Å²) < 4.78 is 5.53. The number of aryl methyl sites for hydroxylation is 2. The first-order valence-corrected chi connectivity index (χ1v) is 9.36. The Morgan fingerprint density at radius 3 is 2.38 bits per heavy atom. The fourth-order valence-corrected chi connectivity index (χ4v) is 2.93. The highest BCUT2D eigenvalue weighted by atomic mass is 16.5. The minimum absolute atomic E-state index is 0.165. The number of amides is 2. The molecule has 0 radical (unpaired) electrons. The van der Waals surface area contributed by atoms with Crippen LogP contribution in [0.15, 0.2) is 60.8 Å². The molecule has 0 spiro atoms. The smallest absolute Gasteiger partial charge is 0.274 e. The number of rotatable bonds is 6. The first kappa shape index (κ1) is 20.1. The molecular formula is C23H23N3O3. The maximum atomic E-state index is 12.7. The van der Waals surface area contributed by atoms with E-state index in [0.29, 0.717) is 23.6 Å². The van der Waals surface area contributed by atoms with Gasteiger partial charge in [-0.1, -0.05) is 30.3 Å². The Morgan fingerprint density at radius 2 is 1.66 bits per heavy atom. The Kier molecular flexibility index (Phi) is 6.24. The third kappa shape index (κ3) is 4.79. The van der Waals surface area contributed by atoms with Gasteiger partial charge in [-0.3, -0.25) is 14.6 Å². The van der Waals surface area contributed by atoms with Crippen molar-refractivity contribution in [3.05, 3.63) is 83.2 Å². The van der Waals surface area contributed by atoms with Crippen LogP contribution in [-0.4, -0.2) is 23.4 Å². The van der Waals surface area contributed by atoms with Gasteiger partial charge in [-0.2, -0.15) is 0 Å². The van der Waals surface area contributed by atoms with Gasteiger partial charge in [-0.25, -0.2) is 0 Å². The molecule has 0 bridgehead atoms. The summed E-state index contributed by atoms with van der Waals surface area (Å²) in [5, 5.41) is 5.71. The predicted molar refractivity (Wildman–Crippen MR) is 114 cm³/mol. The summed E-state index contributed by atoms with van der Waals surface area (Å²) in [4.78, 5) is 29.5. The van der Waals surface area contributed by atoms with Crippen LogP contribution in [0.25, 0.3) is 0 Å². The first-order valence-electron chi connectivity index (χ1n) is 9.36. The van der Waals surface area contributed by atoms with Gasteiger partial charge in [0.2, 0.25) is 0 Å². The molecule has 0 unspecified atom stereocenters. The lowest BCUT2D eigenvalue weighted by molar-refractivity contribution is 0.102. The zero-order chi connectivity index (χ0) is 20.8. The van der Waals surface area contributed by atoms with Gasteiger partial charge in [-0.05, 0) is 56.2 Å². The molecule has 29 heavy (non-hydrogen) atoms. The standard InChI is InChI=1S/C23H23N3O3/c1-4-29-20-11-6-5-10-18(20)25-22(27)17-12-13-24-19(14-17)23(28)26-21-15(2)8-7-9-16(21)3/h5-14H,4H2,1-3H3,(H,25,27)(H,26,28). The zero-order valence-electron chi connectivity index (χ0n) is 16.7. The van der Waals surface area contributed by atoms with Crippen molar-refractivity contribution < 1.29 is 14.3 Å². The van der Waals surface area contributed by atoms with Crippen LogP contribution in [0.3, 0.4) is 0 Å². The molecular weight excluding hydrogens is 366 g/mol. The number of carbonyl (C=O) groups excluding carboxylic acids is 2. The SMILES string of the molecule is CCOc1ccccc1NC(=O)c1ccnc(C(=O)Nc2c(C)cccc2C)c1. The van der Waals surface area contributed by atoms with Gasteiger partial charge in [-0.15, -0.1) is 0 Å². The maximum Gasteiger partial charge on any atom is 0.274 e. The average Bonchev–Trinajstić information content (AvgIpc) is 2.72. The van der Waals surface area contributed by atoms with Crippen LogP contribution >= 0.6 is 0 Å². The monoisotopic (exact) mass is 389 g/mol. The molecule has 2 aromatic carbocycles. The normalized spacial score (nSPS) is 10.3. The summed E-state index contributed by atoms with van der Waals surface area (Å²) in [5.41, 5.74) is 3.73. The van der Waals surface area contributed by atoms with Crippen LogP contribution in [0, 0.1) is 13.8 Å². The van der Waals surface area contributed by atoms with E-state index < -0.39 is 0 Å². The van der Waals surface area contributed by atoms with Gasteiger partial charge in [0, 0.05) is 17.4 Å². The number of nitrogens with one attached hydrogen (secondary N) is 2. The molecule has 3 aromatic rings. The van der Waals surface area contributed by atoms with E-state index in [9.17, 15) is 9.59 Å². The number of aromatic nitrogens is 1. The molecule has 148 valence electrons. The molecule has 0 saturated heterocycles. The van der Waals surface area contributed by atoms with Gasteiger partial charge in [0.05, 0.1) is 12.3 Å². The van der Waals surface area contributed by atoms with Crippen molar-refractivity contribution in [3.8, 4) is 5.75 Å². The van der Waals surface area contributed by atoms with Crippen molar-refractivity contribution in [1.29, 1.82) is 0 Å². The van der Waals surface area contributed by atoms with Gasteiger partial charge >= 0.3 is 0 Å². The topological polar surface area (TPSA) is 80.3 Å². The minimum Gasteiger partial charge on any atom is -0.492 e. The fourth-order valence-electron chi connectivity index (χ4n) is 2.93. The summed E-state index contributed by atoms with van der Waals surface area (Å²) in [6.07, 6.45) is 1.45. The van der Waals surface area contributed by atoms with Crippen molar-refractivity contribution in [1.82, 2.24) is 4.98 Å². The van der Waals surface area contributed by atoms with Gasteiger partial charge in [0.25, 0.3) is 11.8 Å². The van der Waals surface area contributed by atoms with E-state index in [4.69, 9.17) is 4.74 Å². The van der Waals surface area contributed by atoms with E-state index in [1.165, 1.54) is 12.3 Å². The number of carbonyl (C=O) groups is 2. The third-order valence-corrected chi connectivity index (χ3v) is 4.41. The number of nitrogens with zero attached hydrogens (tertiary/aromatic N) is 1. The number of pyridine rings is 1. The van der Waals surface area contributed by atoms with E-state index in [0.717, 1.165) is 16.8 Å². The fraction of sp³-hybridized carbons (Fsp3) is 0.174. The molecule has 6 nitrogen and oxygen atoms in total. The Bertz CT molecular complexity index is 1030. The van der Waals surface area contributed by atoms with Crippen LogP contribution in [0.1, 0.15) is 38.9 Å². The third-order valence-electron chi connectivity index (χ3n) is 4.41. The molecule has 0 aliphatic carbocycles. The van der Waals surface area contributed by atoms with E-state index in [1.807, 2.05) is 51.1 Å². The summed E-state index contributed by atoms with van der Waals surface area (Å²) in [6, 6.07) is 16.0. The molecule has 0 saturated carbocycles. The Balaban J connectivity index is 1.79. The first-order chi connectivity index (χ1) is 14.0. The Hall–Kier alpha value is -3.67. The second-order valence-electron chi connectivity index (χ2n) is 6.53.